The van der Waals surface area contributed by atoms with E-state index in [0.717, 1.165) is 37.9 Å². The Bertz CT molecular complexity index is 526. The summed E-state index contributed by atoms with van der Waals surface area (Å²) in [5.41, 5.74) is 2.62. The molecule has 1 aromatic heterocycles. The number of pyridine rings is 1. The standard InChI is InChI=1S/C15H21NO2/c1-10(2)7-8-16-14-6-4-5-12(14)9-13(11(3)17)15(16)18/h9-10H,4-8H2,1-3H3. The van der Waals surface area contributed by atoms with Crippen LogP contribution in [0.3, 0.4) is 0 Å². The number of hydrogen-bond donors (Lipinski definition) is 0. The van der Waals surface area contributed by atoms with Gasteiger partial charge in [-0.15, -0.1) is 0 Å². The van der Waals surface area contributed by atoms with Gasteiger partial charge in [0.1, 0.15) is 0 Å². The fraction of sp³-hybridized carbons (Fsp3) is 0.600. The second-order valence-electron chi connectivity index (χ2n) is 5.58. The minimum Gasteiger partial charge on any atom is -0.312 e. The van der Waals surface area contributed by atoms with Gasteiger partial charge in [-0.3, -0.25) is 9.59 Å². The minimum atomic E-state index is -0.118. The summed E-state index contributed by atoms with van der Waals surface area (Å²) in [6.07, 6.45) is 4.05. The van der Waals surface area contributed by atoms with E-state index >= 15 is 0 Å². The summed E-state index contributed by atoms with van der Waals surface area (Å²) in [6, 6.07) is 1.82. The maximum atomic E-state index is 12.3. The van der Waals surface area contributed by atoms with E-state index in [1.54, 1.807) is 0 Å². The molecule has 0 bridgehead atoms. The summed E-state index contributed by atoms with van der Waals surface area (Å²) in [7, 11) is 0. The Morgan fingerprint density at radius 2 is 2.11 bits per heavy atom. The van der Waals surface area contributed by atoms with Gasteiger partial charge in [0.2, 0.25) is 0 Å². The first-order valence-electron chi connectivity index (χ1n) is 6.77. The smallest absolute Gasteiger partial charge is 0.261 e. The van der Waals surface area contributed by atoms with E-state index in [9.17, 15) is 9.59 Å². The first kappa shape index (κ1) is 13.1. The van der Waals surface area contributed by atoms with Crippen LogP contribution in [0.15, 0.2) is 10.9 Å². The Hall–Kier alpha value is -1.38. The number of hydrogen-bond acceptors (Lipinski definition) is 2. The second kappa shape index (κ2) is 5.09. The van der Waals surface area contributed by atoms with Crippen LogP contribution in [0.2, 0.25) is 0 Å². The molecule has 0 radical (unpaired) electrons. The van der Waals surface area contributed by atoms with E-state index in [0.29, 0.717) is 11.5 Å². The lowest BCUT2D eigenvalue weighted by Crippen LogP contribution is -2.29. The molecule has 0 aromatic carbocycles. The third-order valence-corrected chi connectivity index (χ3v) is 3.66. The van der Waals surface area contributed by atoms with Crippen LogP contribution in [0.25, 0.3) is 0 Å². The molecule has 98 valence electrons. The van der Waals surface area contributed by atoms with Crippen molar-refractivity contribution in [1.29, 1.82) is 0 Å². The van der Waals surface area contributed by atoms with Crippen LogP contribution in [-0.4, -0.2) is 10.4 Å². The van der Waals surface area contributed by atoms with Crippen LogP contribution in [0.1, 0.15) is 55.2 Å². The summed E-state index contributed by atoms with van der Waals surface area (Å²) >= 11 is 0. The molecule has 0 aliphatic heterocycles. The van der Waals surface area contributed by atoms with Crippen LogP contribution < -0.4 is 5.56 Å². The summed E-state index contributed by atoms with van der Waals surface area (Å²) in [5, 5.41) is 0. The molecule has 0 N–H and O–H groups in total. The highest BCUT2D eigenvalue weighted by atomic mass is 16.1. The Morgan fingerprint density at radius 3 is 2.72 bits per heavy atom. The maximum absolute atomic E-state index is 12.3. The Morgan fingerprint density at radius 1 is 1.39 bits per heavy atom. The van der Waals surface area contributed by atoms with Gasteiger partial charge in [-0.25, -0.2) is 0 Å². The lowest BCUT2D eigenvalue weighted by molar-refractivity contribution is 0.101. The van der Waals surface area contributed by atoms with E-state index < -0.39 is 0 Å². The molecule has 0 unspecified atom stereocenters. The molecule has 18 heavy (non-hydrogen) atoms. The molecule has 3 heteroatoms. The van der Waals surface area contributed by atoms with Crippen molar-refractivity contribution in [3.8, 4) is 0 Å². The van der Waals surface area contributed by atoms with Gasteiger partial charge >= 0.3 is 0 Å². The third-order valence-electron chi connectivity index (χ3n) is 3.66. The number of nitrogens with zero attached hydrogens (tertiary/aromatic N) is 1. The van der Waals surface area contributed by atoms with Gasteiger partial charge in [-0.1, -0.05) is 13.8 Å². The van der Waals surface area contributed by atoms with E-state index in [1.165, 1.54) is 12.5 Å². The molecule has 3 nitrogen and oxygen atoms in total. The molecule has 1 aromatic rings. The number of carbonyl (C=O) groups is 1. The average molecular weight is 247 g/mol. The van der Waals surface area contributed by atoms with Crippen molar-refractivity contribution in [3.63, 3.8) is 0 Å². The molecule has 1 heterocycles. The van der Waals surface area contributed by atoms with E-state index in [-0.39, 0.29) is 11.3 Å². The van der Waals surface area contributed by atoms with Gasteiger partial charge in [0.25, 0.3) is 5.56 Å². The van der Waals surface area contributed by atoms with Gasteiger partial charge in [-0.05, 0) is 50.2 Å². The highest BCUT2D eigenvalue weighted by Crippen LogP contribution is 2.22. The summed E-state index contributed by atoms with van der Waals surface area (Å²) in [5.74, 6) is 0.447. The predicted octanol–water partition coefficient (Wildman–Crippen LogP) is 2.59. The average Bonchev–Trinajstić information content (AvgIpc) is 2.74. The van der Waals surface area contributed by atoms with Crippen molar-refractivity contribution in [2.24, 2.45) is 5.92 Å². The first-order chi connectivity index (χ1) is 8.50. The maximum Gasteiger partial charge on any atom is 0.261 e. The lowest BCUT2D eigenvalue weighted by Gasteiger charge is -2.14. The predicted molar refractivity (Wildman–Crippen MR) is 72.2 cm³/mol. The first-order valence-corrected chi connectivity index (χ1v) is 6.77. The molecule has 0 spiro atoms. The molecule has 2 rings (SSSR count). The van der Waals surface area contributed by atoms with E-state index in [1.807, 2.05) is 10.6 Å². The van der Waals surface area contributed by atoms with Gasteiger partial charge in [-0.2, -0.15) is 0 Å². The molecule has 0 atom stereocenters. The van der Waals surface area contributed by atoms with E-state index in [2.05, 4.69) is 13.8 Å². The zero-order valence-corrected chi connectivity index (χ0v) is 11.5. The molecular weight excluding hydrogens is 226 g/mol. The highest BCUT2D eigenvalue weighted by molar-refractivity contribution is 5.93. The van der Waals surface area contributed by atoms with Gasteiger partial charge in [0.05, 0.1) is 5.56 Å². The molecule has 1 aliphatic carbocycles. The molecule has 1 aliphatic rings. The number of carbonyl (C=O) groups excluding carboxylic acids is 1. The quantitative estimate of drug-likeness (QED) is 0.767. The van der Waals surface area contributed by atoms with E-state index in [4.69, 9.17) is 0 Å². The van der Waals surface area contributed by atoms with Gasteiger partial charge < -0.3 is 4.57 Å². The van der Waals surface area contributed by atoms with Crippen LogP contribution in [-0.2, 0) is 19.4 Å². The topological polar surface area (TPSA) is 39.1 Å². The van der Waals surface area contributed by atoms with Crippen molar-refractivity contribution in [2.75, 3.05) is 0 Å². The number of fused-ring (bicyclic) bond motifs is 1. The summed E-state index contributed by atoms with van der Waals surface area (Å²) in [6.45, 7) is 6.52. The normalized spacial score (nSPS) is 14.0. The fourth-order valence-electron chi connectivity index (χ4n) is 2.59. The van der Waals surface area contributed by atoms with Crippen molar-refractivity contribution in [2.45, 2.75) is 53.0 Å². The van der Waals surface area contributed by atoms with Gasteiger partial charge in [0, 0.05) is 12.2 Å². The number of aromatic nitrogens is 1. The molecular formula is C15H21NO2. The number of ketones is 1. The Balaban J connectivity index is 2.48. The largest absolute Gasteiger partial charge is 0.312 e. The van der Waals surface area contributed by atoms with Crippen molar-refractivity contribution < 1.29 is 4.79 Å². The van der Waals surface area contributed by atoms with Crippen molar-refractivity contribution in [1.82, 2.24) is 4.57 Å². The van der Waals surface area contributed by atoms with Crippen LogP contribution >= 0.6 is 0 Å². The number of Topliss-reactive ketones (excluding diaryl/α,β-unsaturated/α-hetero) is 1. The Kier molecular flexibility index (Phi) is 3.69. The number of aryl methyl sites for hydroxylation is 1. The Labute approximate surface area is 108 Å². The monoisotopic (exact) mass is 247 g/mol. The van der Waals surface area contributed by atoms with Crippen LogP contribution in [0, 0.1) is 5.92 Å². The third kappa shape index (κ3) is 2.40. The second-order valence-corrected chi connectivity index (χ2v) is 5.58. The summed E-state index contributed by atoms with van der Waals surface area (Å²) in [4.78, 5) is 23.9. The SMILES string of the molecule is CC(=O)c1cc2c(n(CCC(C)C)c1=O)CCC2. The zero-order chi connectivity index (χ0) is 13.3. The number of rotatable bonds is 4. The van der Waals surface area contributed by atoms with Crippen molar-refractivity contribution >= 4 is 5.78 Å². The fourth-order valence-corrected chi connectivity index (χ4v) is 2.59. The zero-order valence-electron chi connectivity index (χ0n) is 11.5. The van der Waals surface area contributed by atoms with Crippen LogP contribution in [0.5, 0.6) is 0 Å². The molecule has 0 saturated heterocycles. The molecule has 0 amide bonds. The minimum absolute atomic E-state index is 0.0937. The molecule has 0 saturated carbocycles. The van der Waals surface area contributed by atoms with Crippen LogP contribution in [0.4, 0.5) is 0 Å². The highest BCUT2D eigenvalue weighted by Gasteiger charge is 2.20. The lowest BCUT2D eigenvalue weighted by atomic mass is 10.1. The summed E-state index contributed by atoms with van der Waals surface area (Å²) < 4.78 is 1.85. The molecule has 0 fully saturated rings. The van der Waals surface area contributed by atoms with Gasteiger partial charge in [0.15, 0.2) is 5.78 Å². The van der Waals surface area contributed by atoms with Crippen molar-refractivity contribution in [3.05, 3.63) is 33.2 Å².